The average Bonchev–Trinajstić information content (AvgIpc) is 2.58. The number of nitrogens with zero attached hydrogens (tertiary/aromatic N) is 1. The van der Waals surface area contributed by atoms with Crippen LogP contribution in [0.5, 0.6) is 5.75 Å². The van der Waals surface area contributed by atoms with Crippen LogP contribution >= 0.6 is 0 Å². The van der Waals surface area contributed by atoms with Crippen LogP contribution in [0.3, 0.4) is 0 Å². The number of phenols is 1. The van der Waals surface area contributed by atoms with E-state index in [0.29, 0.717) is 17.2 Å². The molecule has 2 heteroatoms. The van der Waals surface area contributed by atoms with Crippen LogP contribution in [-0.4, -0.2) is 23.1 Å². The van der Waals surface area contributed by atoms with Gasteiger partial charge in [-0.05, 0) is 43.9 Å². The highest BCUT2D eigenvalue weighted by molar-refractivity contribution is 5.38. The Labute approximate surface area is 104 Å². The Hall–Kier alpha value is -1.02. The molecule has 1 aliphatic rings. The molecule has 1 unspecified atom stereocenters. The van der Waals surface area contributed by atoms with Gasteiger partial charge in [-0.15, -0.1) is 0 Å². The highest BCUT2D eigenvalue weighted by atomic mass is 16.3. The predicted octanol–water partition coefficient (Wildman–Crippen LogP) is 3.49. The van der Waals surface area contributed by atoms with Gasteiger partial charge in [0.1, 0.15) is 5.75 Å². The lowest BCUT2D eigenvalue weighted by atomic mass is 9.93. The van der Waals surface area contributed by atoms with Crippen LogP contribution in [0.15, 0.2) is 18.2 Å². The molecule has 2 rings (SSSR count). The molecule has 2 nitrogen and oxygen atoms in total. The zero-order chi connectivity index (χ0) is 12.6. The summed E-state index contributed by atoms with van der Waals surface area (Å²) in [7, 11) is 0. The minimum Gasteiger partial charge on any atom is -0.508 e. The second-order valence-electron chi connectivity index (χ2n) is 6.12. The van der Waals surface area contributed by atoms with Crippen molar-refractivity contribution in [3.05, 3.63) is 29.3 Å². The number of likely N-dealkylation sites (tertiary alicyclic amines) is 1. The first-order valence-corrected chi connectivity index (χ1v) is 6.43. The highest BCUT2D eigenvalue weighted by Gasteiger charge is 2.32. The molecule has 0 aromatic heterocycles. The van der Waals surface area contributed by atoms with Gasteiger partial charge in [-0.1, -0.05) is 26.0 Å². The topological polar surface area (TPSA) is 23.5 Å². The van der Waals surface area contributed by atoms with Crippen LogP contribution in [0.4, 0.5) is 0 Å². The molecule has 0 aliphatic carbocycles. The fraction of sp³-hybridized carbons (Fsp3) is 0.600. The molecule has 17 heavy (non-hydrogen) atoms. The zero-order valence-electron chi connectivity index (χ0n) is 11.3. The molecule has 0 radical (unpaired) electrons. The van der Waals surface area contributed by atoms with Gasteiger partial charge in [0, 0.05) is 18.2 Å². The van der Waals surface area contributed by atoms with E-state index in [1.54, 1.807) is 0 Å². The third-order valence-electron chi connectivity index (χ3n) is 3.89. The number of phenolic OH excluding ortho intramolecular Hbond substituents is 1. The van der Waals surface area contributed by atoms with Gasteiger partial charge in [0.2, 0.25) is 0 Å². The molecule has 0 amide bonds. The lowest BCUT2D eigenvalue weighted by molar-refractivity contribution is 0.229. The molecule has 1 aliphatic heterocycles. The van der Waals surface area contributed by atoms with E-state index in [1.165, 1.54) is 6.42 Å². The normalized spacial score (nSPS) is 21.6. The average molecular weight is 233 g/mol. The van der Waals surface area contributed by atoms with Gasteiger partial charge < -0.3 is 5.11 Å². The Morgan fingerprint density at radius 3 is 2.59 bits per heavy atom. The first-order valence-electron chi connectivity index (χ1n) is 6.43. The van der Waals surface area contributed by atoms with E-state index in [-0.39, 0.29) is 0 Å². The highest BCUT2D eigenvalue weighted by Crippen LogP contribution is 2.37. The summed E-state index contributed by atoms with van der Waals surface area (Å²) in [6.07, 6.45) is 1.24. The van der Waals surface area contributed by atoms with Gasteiger partial charge in [-0.25, -0.2) is 0 Å². The lowest BCUT2D eigenvalue weighted by Gasteiger charge is -2.27. The van der Waals surface area contributed by atoms with Crippen molar-refractivity contribution in [2.75, 3.05) is 13.1 Å². The largest absolute Gasteiger partial charge is 0.508 e. The van der Waals surface area contributed by atoms with Crippen LogP contribution in [-0.2, 0) is 0 Å². The molecule has 1 fully saturated rings. The Balaban J connectivity index is 2.17. The minimum absolute atomic E-state index is 0.303. The summed E-state index contributed by atoms with van der Waals surface area (Å²) in [6, 6.07) is 6.29. The van der Waals surface area contributed by atoms with Crippen LogP contribution < -0.4 is 0 Å². The Morgan fingerprint density at radius 2 is 2.06 bits per heavy atom. The van der Waals surface area contributed by atoms with Crippen molar-refractivity contribution in [3.63, 3.8) is 0 Å². The summed E-state index contributed by atoms with van der Waals surface area (Å²) in [5.74, 6) is 0.433. The molecule has 94 valence electrons. The van der Waals surface area contributed by atoms with Crippen molar-refractivity contribution in [2.45, 2.75) is 40.2 Å². The van der Waals surface area contributed by atoms with Crippen molar-refractivity contribution in [1.82, 2.24) is 4.90 Å². The van der Waals surface area contributed by atoms with E-state index >= 15 is 0 Å². The van der Waals surface area contributed by atoms with Crippen molar-refractivity contribution < 1.29 is 5.11 Å². The Bertz CT molecular complexity index is 411. The van der Waals surface area contributed by atoms with Crippen LogP contribution in [0, 0.1) is 12.3 Å². The fourth-order valence-corrected chi connectivity index (χ4v) is 2.69. The van der Waals surface area contributed by atoms with E-state index in [2.05, 4.69) is 37.8 Å². The van der Waals surface area contributed by atoms with Gasteiger partial charge in [0.25, 0.3) is 0 Å². The van der Waals surface area contributed by atoms with Gasteiger partial charge in [-0.2, -0.15) is 0 Å². The Morgan fingerprint density at radius 1 is 1.35 bits per heavy atom. The summed E-state index contributed by atoms with van der Waals surface area (Å²) in [5.41, 5.74) is 2.57. The predicted molar refractivity (Wildman–Crippen MR) is 71.2 cm³/mol. The number of aryl methyl sites for hydroxylation is 1. The van der Waals surface area contributed by atoms with Crippen molar-refractivity contribution in [3.8, 4) is 5.75 Å². The maximum atomic E-state index is 10.0. The molecular formula is C15H23NO. The molecule has 1 saturated heterocycles. The smallest absolute Gasteiger partial charge is 0.120 e. The third-order valence-corrected chi connectivity index (χ3v) is 3.89. The second-order valence-corrected chi connectivity index (χ2v) is 6.12. The van der Waals surface area contributed by atoms with E-state index in [4.69, 9.17) is 0 Å². The van der Waals surface area contributed by atoms with Crippen molar-refractivity contribution in [2.24, 2.45) is 5.41 Å². The van der Waals surface area contributed by atoms with E-state index < -0.39 is 0 Å². The number of aromatic hydroxyl groups is 1. The molecule has 0 bridgehead atoms. The van der Waals surface area contributed by atoms with Crippen molar-refractivity contribution >= 4 is 0 Å². The van der Waals surface area contributed by atoms with Crippen LogP contribution in [0.2, 0.25) is 0 Å². The second kappa shape index (κ2) is 4.34. The maximum absolute atomic E-state index is 10.0. The number of hydrogen-bond acceptors (Lipinski definition) is 2. The van der Waals surface area contributed by atoms with Crippen molar-refractivity contribution in [1.29, 1.82) is 0 Å². The van der Waals surface area contributed by atoms with Gasteiger partial charge >= 0.3 is 0 Å². The summed E-state index contributed by atoms with van der Waals surface area (Å²) < 4.78 is 0. The molecule has 1 aromatic rings. The first kappa shape index (κ1) is 12.4. The SMILES string of the molecule is Cc1ccc(C(C)N2CCC(C)(C)C2)c(O)c1. The lowest BCUT2D eigenvalue weighted by Crippen LogP contribution is -2.26. The molecule has 1 aromatic carbocycles. The summed E-state index contributed by atoms with van der Waals surface area (Å²) in [4.78, 5) is 2.46. The zero-order valence-corrected chi connectivity index (χ0v) is 11.3. The quantitative estimate of drug-likeness (QED) is 0.845. The molecule has 1 N–H and O–H groups in total. The standard InChI is InChI=1S/C15H23NO/c1-11-5-6-13(14(17)9-11)12(2)16-8-7-15(3,4)10-16/h5-6,9,12,17H,7-8,10H2,1-4H3. The van der Waals surface area contributed by atoms with E-state index in [9.17, 15) is 5.11 Å². The van der Waals surface area contributed by atoms with E-state index in [0.717, 1.165) is 24.2 Å². The monoisotopic (exact) mass is 233 g/mol. The first-order chi connectivity index (χ1) is 7.89. The summed E-state index contributed by atoms with van der Waals surface area (Å²) in [5, 5.41) is 10.0. The van der Waals surface area contributed by atoms with Crippen LogP contribution in [0.1, 0.15) is 44.4 Å². The maximum Gasteiger partial charge on any atom is 0.120 e. The Kier molecular flexibility index (Phi) is 3.17. The van der Waals surface area contributed by atoms with E-state index in [1.807, 2.05) is 13.0 Å². The minimum atomic E-state index is 0.303. The number of benzene rings is 1. The molecule has 0 saturated carbocycles. The number of rotatable bonds is 2. The van der Waals surface area contributed by atoms with Gasteiger partial charge in [-0.3, -0.25) is 4.90 Å². The number of hydrogen-bond donors (Lipinski definition) is 1. The molecular weight excluding hydrogens is 210 g/mol. The summed E-state index contributed by atoms with van der Waals surface area (Å²) >= 11 is 0. The fourth-order valence-electron chi connectivity index (χ4n) is 2.69. The van der Waals surface area contributed by atoms with Gasteiger partial charge in [0.15, 0.2) is 0 Å². The summed E-state index contributed by atoms with van der Waals surface area (Å²) in [6.45, 7) is 11.1. The van der Waals surface area contributed by atoms with Gasteiger partial charge in [0.05, 0.1) is 0 Å². The molecule has 1 heterocycles. The molecule has 0 spiro atoms. The molecule has 1 atom stereocenters. The van der Waals surface area contributed by atoms with Crippen LogP contribution in [0.25, 0.3) is 0 Å². The third kappa shape index (κ3) is 2.63.